The summed E-state index contributed by atoms with van der Waals surface area (Å²) in [5.41, 5.74) is 3.82. The van der Waals surface area contributed by atoms with Crippen LogP contribution in [0.15, 0.2) is 18.2 Å². The van der Waals surface area contributed by atoms with E-state index in [4.69, 9.17) is 5.11 Å². The van der Waals surface area contributed by atoms with Crippen LogP contribution in [0.25, 0.3) is 0 Å². The number of aryl methyl sites for hydroxylation is 2. The zero-order valence-electron chi connectivity index (χ0n) is 9.16. The highest BCUT2D eigenvalue weighted by Gasteiger charge is 2.31. The van der Waals surface area contributed by atoms with Crippen molar-refractivity contribution in [3.8, 4) is 0 Å². The summed E-state index contributed by atoms with van der Waals surface area (Å²) in [7, 11) is 0. The molecule has 1 aliphatic carbocycles. The lowest BCUT2D eigenvalue weighted by molar-refractivity contribution is -0.142. The van der Waals surface area contributed by atoms with Gasteiger partial charge >= 0.3 is 5.97 Å². The van der Waals surface area contributed by atoms with Gasteiger partial charge in [0.1, 0.15) is 0 Å². The Balaban J connectivity index is 2.45. The summed E-state index contributed by atoms with van der Waals surface area (Å²) >= 11 is 0. The molecular weight excluding hydrogens is 188 g/mol. The van der Waals surface area contributed by atoms with Crippen LogP contribution < -0.4 is 0 Å². The van der Waals surface area contributed by atoms with Gasteiger partial charge in [-0.1, -0.05) is 25.1 Å². The second-order valence-corrected chi connectivity index (χ2v) is 4.42. The van der Waals surface area contributed by atoms with E-state index in [0.29, 0.717) is 0 Å². The van der Waals surface area contributed by atoms with Crippen molar-refractivity contribution < 1.29 is 9.90 Å². The topological polar surface area (TPSA) is 37.3 Å². The number of hydrogen-bond donors (Lipinski definition) is 1. The normalized spacial score (nSPS) is 24.7. The van der Waals surface area contributed by atoms with Crippen LogP contribution in [0.1, 0.15) is 36.0 Å². The van der Waals surface area contributed by atoms with Gasteiger partial charge in [-0.05, 0) is 42.4 Å². The first-order valence-corrected chi connectivity index (χ1v) is 5.42. The van der Waals surface area contributed by atoms with Crippen LogP contribution >= 0.6 is 0 Å². The third-order valence-electron chi connectivity index (χ3n) is 3.52. The predicted molar refractivity (Wildman–Crippen MR) is 59.0 cm³/mol. The van der Waals surface area contributed by atoms with Gasteiger partial charge in [-0.25, -0.2) is 0 Å². The molecule has 0 spiro atoms. The van der Waals surface area contributed by atoms with Crippen LogP contribution in [0.4, 0.5) is 0 Å². The molecule has 0 saturated heterocycles. The minimum atomic E-state index is -0.656. The highest BCUT2D eigenvalue weighted by Crippen LogP contribution is 2.37. The number of carboxylic acid groups (broad SMARTS) is 1. The van der Waals surface area contributed by atoms with Gasteiger partial charge in [-0.3, -0.25) is 4.79 Å². The van der Waals surface area contributed by atoms with E-state index in [1.165, 1.54) is 16.7 Å². The summed E-state index contributed by atoms with van der Waals surface area (Å²) in [5, 5.41) is 9.13. The first-order chi connectivity index (χ1) is 7.11. The molecule has 1 aromatic rings. The van der Waals surface area contributed by atoms with Crippen LogP contribution in [-0.4, -0.2) is 11.1 Å². The van der Waals surface area contributed by atoms with Crippen LogP contribution in [0.2, 0.25) is 0 Å². The first kappa shape index (κ1) is 10.2. The van der Waals surface area contributed by atoms with Gasteiger partial charge < -0.3 is 5.11 Å². The van der Waals surface area contributed by atoms with Gasteiger partial charge in [-0.2, -0.15) is 0 Å². The Morgan fingerprint density at radius 2 is 2.20 bits per heavy atom. The average molecular weight is 204 g/mol. The largest absolute Gasteiger partial charge is 0.481 e. The van der Waals surface area contributed by atoms with Crippen LogP contribution in [0.5, 0.6) is 0 Å². The first-order valence-electron chi connectivity index (χ1n) is 5.42. The molecule has 2 rings (SSSR count). The number of rotatable bonds is 1. The second-order valence-electron chi connectivity index (χ2n) is 4.42. The lowest BCUT2D eigenvalue weighted by atomic mass is 9.74. The van der Waals surface area contributed by atoms with Gasteiger partial charge in [0.15, 0.2) is 0 Å². The fourth-order valence-electron chi connectivity index (χ4n) is 2.71. The summed E-state index contributed by atoms with van der Waals surface area (Å²) in [5.74, 6) is -0.720. The maximum atomic E-state index is 11.1. The van der Waals surface area contributed by atoms with E-state index in [1.54, 1.807) is 0 Å². The number of aliphatic carboxylic acids is 1. The fourth-order valence-corrected chi connectivity index (χ4v) is 2.71. The molecule has 0 fully saturated rings. The van der Waals surface area contributed by atoms with Crippen LogP contribution in [0.3, 0.4) is 0 Å². The van der Waals surface area contributed by atoms with E-state index in [-0.39, 0.29) is 11.8 Å². The van der Waals surface area contributed by atoms with E-state index in [1.807, 2.05) is 6.92 Å². The Kier molecular flexibility index (Phi) is 2.51. The molecule has 2 heteroatoms. The zero-order chi connectivity index (χ0) is 11.0. The molecule has 0 aromatic heterocycles. The number of benzene rings is 1. The molecule has 1 aliphatic rings. The third-order valence-corrected chi connectivity index (χ3v) is 3.52. The van der Waals surface area contributed by atoms with Crippen molar-refractivity contribution in [1.82, 2.24) is 0 Å². The molecule has 1 N–H and O–H groups in total. The van der Waals surface area contributed by atoms with Crippen molar-refractivity contribution in [3.63, 3.8) is 0 Å². The van der Waals surface area contributed by atoms with Crippen molar-refractivity contribution in [2.24, 2.45) is 5.92 Å². The number of fused-ring (bicyclic) bond motifs is 1. The van der Waals surface area contributed by atoms with Gasteiger partial charge in [0.05, 0.1) is 5.92 Å². The Morgan fingerprint density at radius 3 is 2.87 bits per heavy atom. The van der Waals surface area contributed by atoms with Gasteiger partial charge in [-0.15, -0.1) is 0 Å². The van der Waals surface area contributed by atoms with E-state index in [9.17, 15) is 4.79 Å². The Bertz CT molecular complexity index is 396. The summed E-state index contributed by atoms with van der Waals surface area (Å²) in [6.45, 7) is 4.10. The maximum absolute atomic E-state index is 11.1. The number of carbonyl (C=O) groups is 1. The monoisotopic (exact) mass is 204 g/mol. The lowest BCUT2D eigenvalue weighted by Gasteiger charge is -2.29. The van der Waals surface area contributed by atoms with Crippen molar-refractivity contribution in [3.05, 3.63) is 34.9 Å². The molecule has 1 aromatic carbocycles. The van der Waals surface area contributed by atoms with E-state index < -0.39 is 5.97 Å². The van der Waals surface area contributed by atoms with Gasteiger partial charge in [0, 0.05) is 0 Å². The van der Waals surface area contributed by atoms with Crippen molar-refractivity contribution in [2.75, 3.05) is 0 Å². The van der Waals surface area contributed by atoms with Crippen molar-refractivity contribution in [2.45, 2.75) is 32.6 Å². The second kappa shape index (κ2) is 3.69. The molecule has 0 amide bonds. The number of carboxylic acids is 1. The molecule has 2 unspecified atom stereocenters. The molecule has 2 atom stereocenters. The zero-order valence-corrected chi connectivity index (χ0v) is 9.16. The van der Waals surface area contributed by atoms with Crippen LogP contribution in [-0.2, 0) is 11.2 Å². The lowest BCUT2D eigenvalue weighted by Crippen LogP contribution is -2.26. The summed E-state index contributed by atoms with van der Waals surface area (Å²) in [6, 6.07) is 6.25. The third kappa shape index (κ3) is 1.65. The Labute approximate surface area is 89.9 Å². The minimum Gasteiger partial charge on any atom is -0.481 e. The highest BCUT2D eigenvalue weighted by atomic mass is 16.4. The smallest absolute Gasteiger partial charge is 0.307 e. The molecule has 80 valence electrons. The summed E-state index contributed by atoms with van der Waals surface area (Å²) < 4.78 is 0. The van der Waals surface area contributed by atoms with Gasteiger partial charge in [0.2, 0.25) is 0 Å². The number of hydrogen-bond acceptors (Lipinski definition) is 1. The molecule has 0 saturated carbocycles. The molecule has 15 heavy (non-hydrogen) atoms. The molecule has 0 radical (unpaired) electrons. The summed E-state index contributed by atoms with van der Waals surface area (Å²) in [6.07, 6.45) is 1.67. The highest BCUT2D eigenvalue weighted by molar-refractivity contribution is 5.72. The predicted octanol–water partition coefficient (Wildman–Crippen LogP) is 2.75. The summed E-state index contributed by atoms with van der Waals surface area (Å²) in [4.78, 5) is 11.1. The standard InChI is InChI=1S/C13H16O2/c1-8-4-3-5-10-6-7-11(13(14)15)9(2)12(8)10/h3-5,9,11H,6-7H2,1-2H3,(H,14,15). The van der Waals surface area contributed by atoms with Crippen LogP contribution in [0, 0.1) is 12.8 Å². The quantitative estimate of drug-likeness (QED) is 0.763. The minimum absolute atomic E-state index is 0.146. The fraction of sp³-hybridized carbons (Fsp3) is 0.462. The maximum Gasteiger partial charge on any atom is 0.307 e. The molecule has 0 heterocycles. The van der Waals surface area contributed by atoms with E-state index in [2.05, 4.69) is 25.1 Å². The molecule has 0 bridgehead atoms. The van der Waals surface area contributed by atoms with Crippen molar-refractivity contribution in [1.29, 1.82) is 0 Å². The molecule has 2 nitrogen and oxygen atoms in total. The SMILES string of the molecule is Cc1cccc2c1C(C)C(C(=O)O)CC2. The average Bonchev–Trinajstić information content (AvgIpc) is 2.17. The molecule has 0 aliphatic heterocycles. The van der Waals surface area contributed by atoms with Crippen molar-refractivity contribution >= 4 is 5.97 Å². The van der Waals surface area contributed by atoms with Gasteiger partial charge in [0.25, 0.3) is 0 Å². The Morgan fingerprint density at radius 1 is 1.47 bits per heavy atom. The van der Waals surface area contributed by atoms with E-state index in [0.717, 1.165) is 12.8 Å². The van der Waals surface area contributed by atoms with E-state index >= 15 is 0 Å². The Hall–Kier alpha value is -1.31. The molecular formula is C13H16O2.